The van der Waals surface area contributed by atoms with Crippen molar-refractivity contribution in [1.29, 1.82) is 0 Å². The predicted molar refractivity (Wildman–Crippen MR) is 209 cm³/mol. The van der Waals surface area contributed by atoms with Crippen LogP contribution in [0.1, 0.15) is 38.1 Å². The Morgan fingerprint density at radius 2 is 1.72 bits per heavy atom. The van der Waals surface area contributed by atoms with Crippen LogP contribution in [0.4, 0.5) is 31.8 Å². The summed E-state index contributed by atoms with van der Waals surface area (Å²) in [5.74, 6) is -1.31. The molecule has 0 bridgehead atoms. The summed E-state index contributed by atoms with van der Waals surface area (Å²) in [4.78, 5) is 32.5. The molecule has 0 aliphatic heterocycles. The third-order valence-corrected chi connectivity index (χ3v) is 9.21. The molecule has 6 aromatic rings. The maximum Gasteiger partial charge on any atom is 0.259 e. The number of ether oxygens (including phenoxy) is 2. The number of aromatic nitrogens is 4. The number of nitrogens with one attached hydrogen (secondary N) is 2. The zero-order valence-corrected chi connectivity index (χ0v) is 31.2. The second-order valence-corrected chi connectivity index (χ2v) is 12.9. The average molecular weight is 735 g/mol. The van der Waals surface area contributed by atoms with E-state index in [-0.39, 0.29) is 17.9 Å². The molecule has 11 nitrogen and oxygen atoms in total. The van der Waals surface area contributed by atoms with Crippen molar-refractivity contribution in [3.8, 4) is 34.1 Å². The van der Waals surface area contributed by atoms with E-state index in [0.717, 1.165) is 37.5 Å². The Balaban J connectivity index is 1.35. The van der Waals surface area contributed by atoms with Crippen LogP contribution in [0, 0.1) is 11.6 Å². The fraction of sp³-hybridized carbons (Fsp3) is 0.268. The molecule has 0 spiro atoms. The zero-order chi connectivity index (χ0) is 38.4. The first-order valence-corrected chi connectivity index (χ1v) is 17.8. The number of amides is 1. The molecule has 0 fully saturated rings. The molecule has 0 saturated heterocycles. The molecule has 1 amide bonds. The summed E-state index contributed by atoms with van der Waals surface area (Å²) in [5.41, 5.74) is 4.18. The summed E-state index contributed by atoms with van der Waals surface area (Å²) in [7, 11) is 3.76. The third-order valence-electron chi connectivity index (χ3n) is 9.21. The van der Waals surface area contributed by atoms with Crippen molar-refractivity contribution in [3.63, 3.8) is 0 Å². The lowest BCUT2D eigenvalue weighted by atomic mass is 10.0. The van der Waals surface area contributed by atoms with Crippen LogP contribution in [0.5, 0.6) is 11.5 Å². The van der Waals surface area contributed by atoms with Crippen LogP contribution in [0.2, 0.25) is 0 Å². The van der Waals surface area contributed by atoms with Crippen molar-refractivity contribution >= 4 is 34.6 Å². The number of imidazole rings is 1. The molecule has 0 atom stereocenters. The summed E-state index contributed by atoms with van der Waals surface area (Å²) in [6.07, 6.45) is 3.53. The van der Waals surface area contributed by atoms with Gasteiger partial charge in [-0.15, -0.1) is 0 Å². The average Bonchev–Trinajstić information content (AvgIpc) is 3.57. The van der Waals surface area contributed by atoms with Gasteiger partial charge in [0.1, 0.15) is 34.5 Å². The smallest absolute Gasteiger partial charge is 0.259 e. The molecule has 54 heavy (non-hydrogen) atoms. The lowest BCUT2D eigenvalue weighted by Crippen LogP contribution is -2.36. The first-order valence-electron chi connectivity index (χ1n) is 17.8. The Hall–Kier alpha value is -6.08. The standard InChI is InChI=1S/C41H44F2N8O3/c1-7-50(23-22-49(5)26(3)4)28-16-17-32(35(25-28)53-6)45-41-44-20-19-33(46-41)39-37(47-36-14-9-10-21-51(36)39)27-15-18-34(54-8-2)29(24-27)40(52)48-38-30(42)12-11-13-31(38)43/h9-21,24-26H,7-8,22-23H2,1-6H3,(H,48,52)(H,44,45,46). The molecule has 0 saturated carbocycles. The number of para-hydroxylation sites is 1. The fourth-order valence-corrected chi connectivity index (χ4v) is 6.03. The van der Waals surface area contributed by atoms with E-state index in [1.54, 1.807) is 44.5 Å². The fourth-order valence-electron chi connectivity index (χ4n) is 6.03. The summed E-state index contributed by atoms with van der Waals surface area (Å²) in [6, 6.07) is 22.3. The minimum absolute atomic E-state index is 0.0779. The van der Waals surface area contributed by atoms with Crippen molar-refractivity contribution in [2.45, 2.75) is 33.7 Å². The molecule has 0 radical (unpaired) electrons. The van der Waals surface area contributed by atoms with Crippen molar-refractivity contribution < 1.29 is 23.0 Å². The van der Waals surface area contributed by atoms with Gasteiger partial charge in [-0.05, 0) is 95.4 Å². The van der Waals surface area contributed by atoms with Gasteiger partial charge in [0.25, 0.3) is 5.91 Å². The molecule has 2 N–H and O–H groups in total. The monoisotopic (exact) mass is 734 g/mol. The summed E-state index contributed by atoms with van der Waals surface area (Å²) in [5, 5.41) is 5.70. The van der Waals surface area contributed by atoms with E-state index < -0.39 is 23.2 Å². The second-order valence-electron chi connectivity index (χ2n) is 12.9. The minimum atomic E-state index is -0.894. The van der Waals surface area contributed by atoms with Crippen LogP contribution in [-0.4, -0.2) is 76.6 Å². The van der Waals surface area contributed by atoms with Crippen molar-refractivity contribution in [3.05, 3.63) is 108 Å². The summed E-state index contributed by atoms with van der Waals surface area (Å²) in [6.45, 7) is 11.2. The molecule has 3 aromatic heterocycles. The molecule has 13 heteroatoms. The van der Waals surface area contributed by atoms with Crippen LogP contribution in [-0.2, 0) is 0 Å². The molecule has 280 valence electrons. The maximum atomic E-state index is 14.5. The number of halogens is 2. The molecule has 0 aliphatic carbocycles. The van der Waals surface area contributed by atoms with Gasteiger partial charge >= 0.3 is 0 Å². The number of carbonyl (C=O) groups excluding carboxylic acids is 1. The molecular formula is C41H44F2N8O3. The third kappa shape index (κ3) is 8.11. The van der Waals surface area contributed by atoms with Gasteiger partial charge in [-0.1, -0.05) is 12.1 Å². The molecule has 3 aromatic carbocycles. The Kier molecular flexibility index (Phi) is 11.7. The van der Waals surface area contributed by atoms with Crippen molar-refractivity contribution in [2.24, 2.45) is 0 Å². The summed E-state index contributed by atoms with van der Waals surface area (Å²) >= 11 is 0. The molecule has 0 unspecified atom stereocenters. The highest BCUT2D eigenvalue weighted by molar-refractivity contribution is 6.07. The minimum Gasteiger partial charge on any atom is -0.494 e. The van der Waals surface area contributed by atoms with E-state index >= 15 is 0 Å². The number of benzene rings is 3. The lowest BCUT2D eigenvalue weighted by Gasteiger charge is -2.28. The summed E-state index contributed by atoms with van der Waals surface area (Å²) < 4.78 is 42.5. The van der Waals surface area contributed by atoms with Gasteiger partial charge in [-0.25, -0.2) is 23.7 Å². The van der Waals surface area contributed by atoms with Gasteiger partial charge in [0.2, 0.25) is 5.95 Å². The van der Waals surface area contributed by atoms with Crippen LogP contribution in [0.15, 0.2) is 91.3 Å². The number of rotatable bonds is 15. The van der Waals surface area contributed by atoms with Gasteiger partial charge in [0, 0.05) is 55.4 Å². The van der Waals surface area contributed by atoms with Crippen LogP contribution in [0.25, 0.3) is 28.3 Å². The number of methoxy groups -OCH3 is 1. The first kappa shape index (κ1) is 37.7. The SMILES string of the molecule is CCOc1ccc(-c2nc3ccccn3c2-c2ccnc(Nc3ccc(N(CC)CCN(C)C(C)C)cc3OC)n2)cc1C(=O)Nc1c(F)cccc1F. The highest BCUT2D eigenvalue weighted by Gasteiger charge is 2.23. The van der Waals surface area contributed by atoms with Crippen LogP contribution < -0.4 is 25.0 Å². The van der Waals surface area contributed by atoms with Crippen LogP contribution >= 0.6 is 0 Å². The zero-order valence-electron chi connectivity index (χ0n) is 31.2. The Morgan fingerprint density at radius 3 is 2.44 bits per heavy atom. The van der Waals surface area contributed by atoms with Gasteiger partial charge < -0.3 is 29.9 Å². The molecule has 6 rings (SSSR count). The molecular weight excluding hydrogens is 691 g/mol. The van der Waals surface area contributed by atoms with E-state index in [2.05, 4.69) is 59.3 Å². The van der Waals surface area contributed by atoms with E-state index in [1.165, 1.54) is 6.07 Å². The van der Waals surface area contributed by atoms with E-state index in [1.807, 2.05) is 40.9 Å². The number of pyridine rings is 1. The number of nitrogens with zero attached hydrogens (tertiary/aromatic N) is 6. The van der Waals surface area contributed by atoms with Gasteiger partial charge in [-0.2, -0.15) is 0 Å². The largest absolute Gasteiger partial charge is 0.494 e. The lowest BCUT2D eigenvalue weighted by molar-refractivity contribution is 0.102. The Morgan fingerprint density at radius 1 is 0.926 bits per heavy atom. The van der Waals surface area contributed by atoms with Crippen molar-refractivity contribution in [2.75, 3.05) is 55.9 Å². The topological polar surface area (TPSA) is 109 Å². The highest BCUT2D eigenvalue weighted by atomic mass is 19.1. The first-order chi connectivity index (χ1) is 26.1. The van der Waals surface area contributed by atoms with E-state index in [4.69, 9.17) is 19.4 Å². The number of carbonyl (C=O) groups is 1. The van der Waals surface area contributed by atoms with Gasteiger partial charge in [-0.3, -0.25) is 9.20 Å². The number of hydrogen-bond acceptors (Lipinski definition) is 9. The van der Waals surface area contributed by atoms with E-state index in [9.17, 15) is 13.6 Å². The number of anilines is 4. The molecule has 0 aliphatic rings. The Bertz CT molecular complexity index is 2240. The van der Waals surface area contributed by atoms with Gasteiger partial charge in [0.15, 0.2) is 0 Å². The number of fused-ring (bicyclic) bond motifs is 1. The number of hydrogen-bond donors (Lipinski definition) is 2. The van der Waals surface area contributed by atoms with Crippen LogP contribution in [0.3, 0.4) is 0 Å². The number of likely N-dealkylation sites (N-methyl/N-ethyl adjacent to an activating group) is 2. The predicted octanol–water partition coefficient (Wildman–Crippen LogP) is 8.31. The second kappa shape index (κ2) is 16.7. The van der Waals surface area contributed by atoms with Crippen molar-refractivity contribution in [1.82, 2.24) is 24.3 Å². The quantitative estimate of drug-likeness (QED) is 0.108. The Labute approximate surface area is 313 Å². The normalized spacial score (nSPS) is 11.3. The highest BCUT2D eigenvalue weighted by Crippen LogP contribution is 2.36. The van der Waals surface area contributed by atoms with E-state index in [0.29, 0.717) is 51.7 Å². The molecule has 3 heterocycles. The maximum absolute atomic E-state index is 14.5. The van der Waals surface area contributed by atoms with Gasteiger partial charge in [0.05, 0.1) is 42.0 Å².